The van der Waals surface area contributed by atoms with Crippen molar-refractivity contribution in [1.82, 2.24) is 15.1 Å². The average Bonchev–Trinajstić information content (AvgIpc) is 2.83. The molecule has 108 valence electrons. The molecule has 0 amide bonds. The molecule has 0 bridgehead atoms. The van der Waals surface area contributed by atoms with Gasteiger partial charge in [-0.3, -0.25) is 4.68 Å². The molecule has 2 aromatic rings. The van der Waals surface area contributed by atoms with Crippen LogP contribution in [-0.4, -0.2) is 16.3 Å². The van der Waals surface area contributed by atoms with Gasteiger partial charge in [-0.1, -0.05) is 40.5 Å². The van der Waals surface area contributed by atoms with Crippen molar-refractivity contribution in [3.63, 3.8) is 0 Å². The Kier molecular flexibility index (Phi) is 5.64. The monoisotopic (exact) mass is 355 g/mol. The molecule has 0 fully saturated rings. The zero-order valence-corrected chi connectivity index (χ0v) is 14.1. The molecule has 1 atom stereocenters. The molecule has 0 radical (unpaired) electrons. The van der Waals surface area contributed by atoms with Crippen molar-refractivity contribution in [2.24, 2.45) is 7.05 Å². The van der Waals surface area contributed by atoms with Crippen LogP contribution in [0, 0.1) is 0 Å². The smallest absolute Gasteiger partial charge is 0.0537 e. The minimum atomic E-state index is 0.238. The van der Waals surface area contributed by atoms with Crippen LogP contribution in [0.3, 0.4) is 0 Å². The Bertz CT molecular complexity index is 568. The predicted molar refractivity (Wildman–Crippen MR) is 87.1 cm³/mol. The quantitative estimate of drug-likeness (QED) is 0.844. The Morgan fingerprint density at radius 2 is 2.25 bits per heavy atom. The molecule has 0 spiro atoms. The van der Waals surface area contributed by atoms with Crippen LogP contribution in [0.4, 0.5) is 0 Å². The van der Waals surface area contributed by atoms with E-state index in [1.165, 1.54) is 5.56 Å². The molecule has 1 aromatic carbocycles. The maximum absolute atomic E-state index is 6.32. The number of halogens is 2. The lowest BCUT2D eigenvalue weighted by Crippen LogP contribution is -2.24. The Labute approximate surface area is 133 Å². The Morgan fingerprint density at radius 3 is 2.85 bits per heavy atom. The highest BCUT2D eigenvalue weighted by Gasteiger charge is 2.15. The van der Waals surface area contributed by atoms with Crippen LogP contribution >= 0.6 is 27.5 Å². The molecule has 20 heavy (non-hydrogen) atoms. The first kappa shape index (κ1) is 15.5. The molecular formula is C15H19BrClN3. The third kappa shape index (κ3) is 4.08. The first-order valence-electron chi connectivity index (χ1n) is 6.76. The van der Waals surface area contributed by atoms with E-state index in [4.69, 9.17) is 11.6 Å². The number of aromatic nitrogens is 2. The van der Waals surface area contributed by atoms with Crippen molar-refractivity contribution >= 4 is 27.5 Å². The molecule has 1 heterocycles. The predicted octanol–water partition coefficient (Wildman–Crippen LogP) is 4.12. The van der Waals surface area contributed by atoms with Gasteiger partial charge in [0.2, 0.25) is 0 Å². The molecular weight excluding hydrogens is 338 g/mol. The molecule has 1 unspecified atom stereocenters. The van der Waals surface area contributed by atoms with Crippen molar-refractivity contribution in [2.45, 2.75) is 25.8 Å². The SMILES string of the molecule is CCCNC(Cc1ccc(Br)cc1Cl)c1cnn(C)c1. The van der Waals surface area contributed by atoms with Gasteiger partial charge in [-0.2, -0.15) is 5.10 Å². The highest BCUT2D eigenvalue weighted by Crippen LogP contribution is 2.26. The van der Waals surface area contributed by atoms with Crippen LogP contribution in [0.2, 0.25) is 5.02 Å². The summed E-state index contributed by atoms with van der Waals surface area (Å²) in [5, 5.41) is 8.62. The molecule has 0 saturated carbocycles. The molecule has 3 nitrogen and oxygen atoms in total. The lowest BCUT2D eigenvalue weighted by atomic mass is 10.0. The highest BCUT2D eigenvalue weighted by molar-refractivity contribution is 9.10. The van der Waals surface area contributed by atoms with E-state index in [1.807, 2.05) is 30.1 Å². The van der Waals surface area contributed by atoms with E-state index in [0.717, 1.165) is 34.4 Å². The van der Waals surface area contributed by atoms with E-state index < -0.39 is 0 Å². The van der Waals surface area contributed by atoms with Crippen LogP contribution < -0.4 is 5.32 Å². The second-order valence-corrected chi connectivity index (χ2v) is 6.22. The standard InChI is InChI=1S/C15H19BrClN3/c1-3-6-18-15(12-9-19-20(2)10-12)7-11-4-5-13(16)8-14(11)17/h4-5,8-10,15,18H,3,6-7H2,1-2H3. The van der Waals surface area contributed by atoms with Crippen molar-refractivity contribution in [2.75, 3.05) is 6.54 Å². The molecule has 0 aliphatic heterocycles. The average molecular weight is 357 g/mol. The topological polar surface area (TPSA) is 29.9 Å². The Hall–Kier alpha value is -0.840. The van der Waals surface area contributed by atoms with Crippen LogP contribution in [-0.2, 0) is 13.5 Å². The second kappa shape index (κ2) is 7.25. The number of nitrogens with one attached hydrogen (secondary N) is 1. The fraction of sp³-hybridized carbons (Fsp3) is 0.400. The summed E-state index contributed by atoms with van der Waals surface area (Å²) in [4.78, 5) is 0. The molecule has 0 aliphatic carbocycles. The van der Waals surface area contributed by atoms with E-state index in [0.29, 0.717) is 0 Å². The molecule has 5 heteroatoms. The number of benzene rings is 1. The maximum Gasteiger partial charge on any atom is 0.0537 e. The first-order chi connectivity index (χ1) is 9.60. The fourth-order valence-corrected chi connectivity index (χ4v) is 2.90. The van der Waals surface area contributed by atoms with Gasteiger partial charge in [0.15, 0.2) is 0 Å². The van der Waals surface area contributed by atoms with Crippen molar-refractivity contribution in [3.05, 3.63) is 51.2 Å². The van der Waals surface area contributed by atoms with Gasteiger partial charge in [0.1, 0.15) is 0 Å². The molecule has 0 aliphatic rings. The third-order valence-electron chi connectivity index (χ3n) is 3.21. The van der Waals surface area contributed by atoms with Gasteiger partial charge in [0, 0.05) is 34.3 Å². The lowest BCUT2D eigenvalue weighted by molar-refractivity contribution is 0.529. The number of rotatable bonds is 6. The number of hydrogen-bond acceptors (Lipinski definition) is 2. The van der Waals surface area contributed by atoms with Crippen molar-refractivity contribution in [3.8, 4) is 0 Å². The molecule has 0 saturated heterocycles. The highest BCUT2D eigenvalue weighted by atomic mass is 79.9. The van der Waals surface area contributed by atoms with E-state index in [1.54, 1.807) is 0 Å². The summed E-state index contributed by atoms with van der Waals surface area (Å²) in [5.74, 6) is 0. The number of hydrogen-bond donors (Lipinski definition) is 1. The summed E-state index contributed by atoms with van der Waals surface area (Å²) < 4.78 is 2.84. The minimum Gasteiger partial charge on any atom is -0.310 e. The summed E-state index contributed by atoms with van der Waals surface area (Å²) >= 11 is 9.76. The van der Waals surface area contributed by atoms with E-state index in [-0.39, 0.29) is 6.04 Å². The van der Waals surface area contributed by atoms with E-state index >= 15 is 0 Å². The summed E-state index contributed by atoms with van der Waals surface area (Å²) in [6.07, 6.45) is 5.93. The van der Waals surface area contributed by atoms with Gasteiger partial charge in [0.25, 0.3) is 0 Å². The van der Waals surface area contributed by atoms with Crippen molar-refractivity contribution in [1.29, 1.82) is 0 Å². The summed E-state index contributed by atoms with van der Waals surface area (Å²) in [6.45, 7) is 3.15. The zero-order chi connectivity index (χ0) is 14.5. The van der Waals surface area contributed by atoms with E-state index in [9.17, 15) is 0 Å². The number of aryl methyl sites for hydroxylation is 1. The normalized spacial score (nSPS) is 12.6. The molecule has 1 N–H and O–H groups in total. The summed E-state index contributed by atoms with van der Waals surface area (Å²) in [7, 11) is 1.94. The zero-order valence-electron chi connectivity index (χ0n) is 11.7. The van der Waals surface area contributed by atoms with Crippen LogP contribution in [0.1, 0.15) is 30.5 Å². The van der Waals surface area contributed by atoms with Gasteiger partial charge >= 0.3 is 0 Å². The third-order valence-corrected chi connectivity index (χ3v) is 4.05. The Morgan fingerprint density at radius 1 is 1.45 bits per heavy atom. The maximum atomic E-state index is 6.32. The summed E-state index contributed by atoms with van der Waals surface area (Å²) in [5.41, 5.74) is 2.34. The number of nitrogens with zero attached hydrogens (tertiary/aromatic N) is 2. The van der Waals surface area contributed by atoms with Crippen molar-refractivity contribution < 1.29 is 0 Å². The van der Waals surface area contributed by atoms with Gasteiger partial charge in [-0.15, -0.1) is 0 Å². The Balaban J connectivity index is 2.18. The molecule has 2 rings (SSSR count). The lowest BCUT2D eigenvalue weighted by Gasteiger charge is -2.18. The summed E-state index contributed by atoms with van der Waals surface area (Å²) in [6, 6.07) is 6.28. The minimum absolute atomic E-state index is 0.238. The fourth-order valence-electron chi connectivity index (χ4n) is 2.15. The van der Waals surface area contributed by atoms with Crippen LogP contribution in [0.15, 0.2) is 35.1 Å². The molecule has 1 aromatic heterocycles. The first-order valence-corrected chi connectivity index (χ1v) is 7.93. The van der Waals surface area contributed by atoms with Gasteiger partial charge in [-0.05, 0) is 37.1 Å². The largest absolute Gasteiger partial charge is 0.310 e. The second-order valence-electron chi connectivity index (χ2n) is 4.89. The van der Waals surface area contributed by atoms with Gasteiger partial charge in [-0.25, -0.2) is 0 Å². The van der Waals surface area contributed by atoms with E-state index in [2.05, 4.69) is 45.5 Å². The van der Waals surface area contributed by atoms with Gasteiger partial charge < -0.3 is 5.32 Å². The van der Waals surface area contributed by atoms with Crippen LogP contribution in [0.5, 0.6) is 0 Å². The van der Waals surface area contributed by atoms with Crippen LogP contribution in [0.25, 0.3) is 0 Å². The van der Waals surface area contributed by atoms with Gasteiger partial charge in [0.05, 0.1) is 6.20 Å².